The van der Waals surface area contributed by atoms with Crippen molar-refractivity contribution in [1.29, 1.82) is 0 Å². The number of nitrogens with zero attached hydrogens (tertiary/aromatic N) is 2. The molecule has 1 aromatic heterocycles. The topological polar surface area (TPSA) is 75.9 Å². The second kappa shape index (κ2) is 4.25. The van der Waals surface area contributed by atoms with Gasteiger partial charge in [0.05, 0.1) is 0 Å². The number of hydrogen-bond acceptors (Lipinski definition) is 5. The van der Waals surface area contributed by atoms with Crippen LogP contribution in [0.3, 0.4) is 0 Å². The Balaban J connectivity index is 2.28. The van der Waals surface area contributed by atoms with Gasteiger partial charge < -0.3 is 10.7 Å². The van der Waals surface area contributed by atoms with Crippen molar-refractivity contribution >= 4 is 11.6 Å². The first-order valence-corrected chi connectivity index (χ1v) is 5.71. The molecule has 0 aromatic carbocycles. The second-order valence-electron chi connectivity index (χ2n) is 4.75. The third kappa shape index (κ3) is 2.09. The van der Waals surface area contributed by atoms with Crippen molar-refractivity contribution in [2.45, 2.75) is 39.2 Å². The van der Waals surface area contributed by atoms with Crippen molar-refractivity contribution in [3.05, 3.63) is 11.9 Å². The van der Waals surface area contributed by atoms with Crippen LogP contribution in [0.1, 0.15) is 38.7 Å². The number of nitrogens with one attached hydrogen (secondary N) is 2. The molecule has 2 unspecified atom stereocenters. The number of anilines is 2. The monoisotopic (exact) mass is 221 g/mol. The van der Waals surface area contributed by atoms with Crippen molar-refractivity contribution in [2.75, 3.05) is 10.7 Å². The SMILES string of the molecule is CC(C)c1c(NN)ncnc1NC1CC1C. The molecule has 1 heterocycles. The van der Waals surface area contributed by atoms with Gasteiger partial charge in [0.15, 0.2) is 0 Å². The molecule has 16 heavy (non-hydrogen) atoms. The molecule has 1 aliphatic rings. The van der Waals surface area contributed by atoms with Crippen LogP contribution in [0.5, 0.6) is 0 Å². The lowest BCUT2D eigenvalue weighted by atomic mass is 10.0. The van der Waals surface area contributed by atoms with Gasteiger partial charge in [-0.15, -0.1) is 0 Å². The Kier molecular flexibility index (Phi) is 2.96. The molecule has 1 fully saturated rings. The lowest BCUT2D eigenvalue weighted by Crippen LogP contribution is -2.16. The first kappa shape index (κ1) is 11.1. The van der Waals surface area contributed by atoms with Gasteiger partial charge in [0.25, 0.3) is 0 Å². The van der Waals surface area contributed by atoms with Gasteiger partial charge in [-0.25, -0.2) is 15.8 Å². The third-order valence-corrected chi connectivity index (χ3v) is 3.03. The summed E-state index contributed by atoms with van der Waals surface area (Å²) in [6.45, 7) is 6.46. The Morgan fingerprint density at radius 1 is 1.38 bits per heavy atom. The van der Waals surface area contributed by atoms with Crippen molar-refractivity contribution in [3.8, 4) is 0 Å². The fourth-order valence-corrected chi connectivity index (χ4v) is 1.87. The lowest BCUT2D eigenvalue weighted by Gasteiger charge is -2.16. The summed E-state index contributed by atoms with van der Waals surface area (Å²) in [4.78, 5) is 8.44. The van der Waals surface area contributed by atoms with Gasteiger partial charge in [-0.05, 0) is 18.3 Å². The minimum absolute atomic E-state index is 0.337. The highest BCUT2D eigenvalue weighted by Crippen LogP contribution is 2.35. The van der Waals surface area contributed by atoms with E-state index in [4.69, 9.17) is 5.84 Å². The van der Waals surface area contributed by atoms with Crippen molar-refractivity contribution in [3.63, 3.8) is 0 Å². The van der Waals surface area contributed by atoms with E-state index >= 15 is 0 Å². The van der Waals surface area contributed by atoms with E-state index in [2.05, 4.69) is 41.5 Å². The summed E-state index contributed by atoms with van der Waals surface area (Å²) >= 11 is 0. The summed E-state index contributed by atoms with van der Waals surface area (Å²) < 4.78 is 0. The fourth-order valence-electron chi connectivity index (χ4n) is 1.87. The highest BCUT2D eigenvalue weighted by Gasteiger charge is 2.33. The van der Waals surface area contributed by atoms with Crippen LogP contribution in [-0.2, 0) is 0 Å². The Labute approximate surface area is 95.8 Å². The zero-order valence-corrected chi connectivity index (χ0v) is 9.99. The second-order valence-corrected chi connectivity index (χ2v) is 4.75. The van der Waals surface area contributed by atoms with Crippen molar-refractivity contribution < 1.29 is 0 Å². The van der Waals surface area contributed by atoms with Crippen LogP contribution >= 0.6 is 0 Å². The molecule has 1 aromatic rings. The number of hydrogen-bond donors (Lipinski definition) is 3. The van der Waals surface area contributed by atoms with E-state index in [-0.39, 0.29) is 0 Å². The summed E-state index contributed by atoms with van der Waals surface area (Å²) in [6, 6.07) is 0.554. The standard InChI is InChI=1S/C11H19N5/c1-6(2)9-10(15-8-4-7(8)3)13-5-14-11(9)16-12/h5-8H,4,12H2,1-3H3,(H2,13,14,15,16). The van der Waals surface area contributed by atoms with Gasteiger partial charge in [0.1, 0.15) is 18.0 Å². The molecule has 0 spiro atoms. The molecule has 5 nitrogen and oxygen atoms in total. The molecule has 0 amide bonds. The summed E-state index contributed by atoms with van der Waals surface area (Å²) in [5.41, 5.74) is 3.69. The fraction of sp³-hybridized carbons (Fsp3) is 0.636. The number of nitrogen functional groups attached to an aromatic ring is 1. The molecule has 4 N–H and O–H groups in total. The third-order valence-electron chi connectivity index (χ3n) is 3.03. The van der Waals surface area contributed by atoms with E-state index in [9.17, 15) is 0 Å². The summed E-state index contributed by atoms with van der Waals surface area (Å²) in [7, 11) is 0. The van der Waals surface area contributed by atoms with Gasteiger partial charge in [-0.3, -0.25) is 0 Å². The van der Waals surface area contributed by atoms with E-state index in [0.29, 0.717) is 17.8 Å². The minimum atomic E-state index is 0.337. The largest absolute Gasteiger partial charge is 0.367 e. The predicted octanol–water partition coefficient (Wildman–Crippen LogP) is 1.71. The maximum atomic E-state index is 5.46. The number of nitrogens with two attached hydrogens (primary N) is 1. The zero-order chi connectivity index (χ0) is 11.7. The van der Waals surface area contributed by atoms with Crippen molar-refractivity contribution in [1.82, 2.24) is 9.97 Å². The average molecular weight is 221 g/mol. The van der Waals surface area contributed by atoms with Crippen LogP contribution in [-0.4, -0.2) is 16.0 Å². The van der Waals surface area contributed by atoms with Gasteiger partial charge in [0, 0.05) is 11.6 Å². The average Bonchev–Trinajstić information content (AvgIpc) is 2.93. The molecule has 2 rings (SSSR count). The highest BCUT2D eigenvalue weighted by atomic mass is 15.3. The molecule has 0 saturated heterocycles. The van der Waals surface area contributed by atoms with E-state index in [0.717, 1.165) is 17.3 Å². The first-order chi connectivity index (χ1) is 7.63. The Bertz CT molecular complexity index is 377. The number of aromatic nitrogens is 2. The number of rotatable bonds is 4. The normalized spacial score (nSPS) is 23.3. The molecule has 1 saturated carbocycles. The molecule has 0 aliphatic heterocycles. The van der Waals surface area contributed by atoms with Crippen molar-refractivity contribution in [2.24, 2.45) is 11.8 Å². The molecule has 88 valence electrons. The zero-order valence-electron chi connectivity index (χ0n) is 9.99. The first-order valence-electron chi connectivity index (χ1n) is 5.71. The Hall–Kier alpha value is -1.36. The lowest BCUT2D eigenvalue weighted by molar-refractivity contribution is 0.838. The summed E-state index contributed by atoms with van der Waals surface area (Å²) in [5, 5.41) is 3.44. The highest BCUT2D eigenvalue weighted by molar-refractivity contribution is 5.59. The molecule has 0 bridgehead atoms. The quantitative estimate of drug-likeness (QED) is 0.533. The Morgan fingerprint density at radius 3 is 2.50 bits per heavy atom. The van der Waals surface area contributed by atoms with Gasteiger partial charge in [-0.1, -0.05) is 20.8 Å². The molecular weight excluding hydrogens is 202 g/mol. The van der Waals surface area contributed by atoms with Crippen LogP contribution < -0.4 is 16.6 Å². The molecular formula is C11H19N5. The van der Waals surface area contributed by atoms with Crippen LogP contribution in [0.25, 0.3) is 0 Å². The molecule has 2 atom stereocenters. The molecule has 5 heteroatoms. The maximum Gasteiger partial charge on any atom is 0.148 e. The van der Waals surface area contributed by atoms with E-state index in [1.54, 1.807) is 0 Å². The molecule has 1 aliphatic carbocycles. The summed E-state index contributed by atoms with van der Waals surface area (Å²) in [5.74, 6) is 8.16. The van der Waals surface area contributed by atoms with Crippen LogP contribution in [0.4, 0.5) is 11.6 Å². The van der Waals surface area contributed by atoms with Crippen LogP contribution in [0.2, 0.25) is 0 Å². The van der Waals surface area contributed by atoms with E-state index < -0.39 is 0 Å². The van der Waals surface area contributed by atoms with Gasteiger partial charge in [0.2, 0.25) is 0 Å². The van der Waals surface area contributed by atoms with Gasteiger partial charge >= 0.3 is 0 Å². The van der Waals surface area contributed by atoms with E-state index in [1.165, 1.54) is 12.7 Å². The maximum absolute atomic E-state index is 5.46. The van der Waals surface area contributed by atoms with Gasteiger partial charge in [-0.2, -0.15) is 0 Å². The molecule has 0 radical (unpaired) electrons. The summed E-state index contributed by atoms with van der Waals surface area (Å²) in [6.07, 6.45) is 2.75. The number of hydrazine groups is 1. The van der Waals surface area contributed by atoms with Crippen LogP contribution in [0.15, 0.2) is 6.33 Å². The van der Waals surface area contributed by atoms with E-state index in [1.807, 2.05) is 0 Å². The van der Waals surface area contributed by atoms with Crippen LogP contribution in [0, 0.1) is 5.92 Å². The Morgan fingerprint density at radius 2 is 2.00 bits per heavy atom. The minimum Gasteiger partial charge on any atom is -0.367 e. The smallest absolute Gasteiger partial charge is 0.148 e. The predicted molar refractivity (Wildman–Crippen MR) is 65.1 cm³/mol.